The van der Waals surface area contributed by atoms with E-state index in [0.717, 1.165) is 19.3 Å². The topological polar surface area (TPSA) is 55.1 Å². The summed E-state index contributed by atoms with van der Waals surface area (Å²) in [4.78, 5) is 12.1. The number of carbonyl (C=O) groups is 1. The Balaban J connectivity index is 2.34. The summed E-state index contributed by atoms with van der Waals surface area (Å²) >= 11 is 0. The lowest BCUT2D eigenvalue weighted by Crippen LogP contribution is -2.34. The van der Waals surface area contributed by atoms with Gasteiger partial charge in [0, 0.05) is 18.0 Å². The molecule has 0 aliphatic heterocycles. The minimum Gasteiger partial charge on any atom is -0.352 e. The highest BCUT2D eigenvalue weighted by molar-refractivity contribution is 5.79. The Labute approximate surface area is 112 Å². The van der Waals surface area contributed by atoms with Gasteiger partial charge in [-0.15, -0.1) is 0 Å². The van der Waals surface area contributed by atoms with Crippen LogP contribution in [0.4, 0.5) is 0 Å². The molecule has 18 heavy (non-hydrogen) atoms. The van der Waals surface area contributed by atoms with E-state index in [-0.39, 0.29) is 28.7 Å². The van der Waals surface area contributed by atoms with Crippen LogP contribution in [0.25, 0.3) is 0 Å². The van der Waals surface area contributed by atoms with E-state index >= 15 is 0 Å². The van der Waals surface area contributed by atoms with Crippen molar-refractivity contribution in [2.75, 3.05) is 0 Å². The molecule has 0 saturated heterocycles. The van der Waals surface area contributed by atoms with Gasteiger partial charge in [0.2, 0.25) is 5.91 Å². The second kappa shape index (κ2) is 5.20. The zero-order valence-electron chi connectivity index (χ0n) is 12.8. The van der Waals surface area contributed by atoms with Crippen LogP contribution in [0, 0.1) is 16.7 Å². The first-order chi connectivity index (χ1) is 8.10. The zero-order valence-corrected chi connectivity index (χ0v) is 12.8. The molecule has 1 fully saturated rings. The summed E-state index contributed by atoms with van der Waals surface area (Å²) in [6.07, 6.45) is 2.96. The van der Waals surface area contributed by atoms with Gasteiger partial charge in [0.15, 0.2) is 0 Å². The number of carbonyl (C=O) groups excluding carboxylic acids is 1. The molecule has 3 nitrogen and oxygen atoms in total. The van der Waals surface area contributed by atoms with Gasteiger partial charge in [-0.2, -0.15) is 0 Å². The van der Waals surface area contributed by atoms with Gasteiger partial charge in [-0.05, 0) is 30.6 Å². The van der Waals surface area contributed by atoms with Gasteiger partial charge in [0.05, 0.1) is 0 Å². The van der Waals surface area contributed by atoms with Crippen LogP contribution in [-0.4, -0.2) is 18.0 Å². The van der Waals surface area contributed by atoms with Gasteiger partial charge >= 0.3 is 0 Å². The Hall–Kier alpha value is -0.570. The molecule has 3 N–H and O–H groups in total. The normalized spacial score (nSPS) is 24.4. The maximum Gasteiger partial charge on any atom is 0.223 e. The van der Waals surface area contributed by atoms with E-state index in [1.807, 2.05) is 13.8 Å². The average Bonchev–Trinajstić information content (AvgIpc) is 2.60. The van der Waals surface area contributed by atoms with Gasteiger partial charge in [-0.25, -0.2) is 0 Å². The Morgan fingerprint density at radius 3 is 2.06 bits per heavy atom. The zero-order chi connectivity index (χ0) is 14.1. The lowest BCUT2D eigenvalue weighted by Gasteiger charge is -2.14. The summed E-state index contributed by atoms with van der Waals surface area (Å²) in [5, 5.41) is 3.20. The molecule has 1 rings (SSSR count). The Kier molecular flexibility index (Phi) is 4.47. The summed E-state index contributed by atoms with van der Waals surface area (Å²) < 4.78 is 0. The van der Waals surface area contributed by atoms with Crippen LogP contribution in [0.5, 0.6) is 0 Å². The fraction of sp³-hybridized carbons (Fsp3) is 0.933. The standard InChI is InChI=1S/C15H30N2O/c1-10(8-7-9-11(2)16)12(18)17-13-14(3,4)15(13,5)6/h10-11,13H,7-9,16H2,1-6H3,(H,17,18). The first kappa shape index (κ1) is 15.5. The molecule has 2 unspecified atom stereocenters. The molecule has 106 valence electrons. The van der Waals surface area contributed by atoms with Crippen LogP contribution in [0.1, 0.15) is 60.8 Å². The van der Waals surface area contributed by atoms with Crippen molar-refractivity contribution in [2.24, 2.45) is 22.5 Å². The predicted octanol–water partition coefficient (Wildman–Crippen LogP) is 2.69. The summed E-state index contributed by atoms with van der Waals surface area (Å²) in [6.45, 7) is 12.9. The molecular formula is C15H30N2O. The minimum atomic E-state index is 0.0935. The third-order valence-corrected chi connectivity index (χ3v) is 5.05. The molecule has 0 aromatic rings. The second-order valence-corrected chi connectivity index (χ2v) is 7.19. The molecule has 1 amide bonds. The summed E-state index contributed by atoms with van der Waals surface area (Å²) in [6, 6.07) is 0.551. The highest BCUT2D eigenvalue weighted by Gasteiger charge is 2.65. The fourth-order valence-corrected chi connectivity index (χ4v) is 2.72. The predicted molar refractivity (Wildman–Crippen MR) is 76.2 cm³/mol. The van der Waals surface area contributed by atoms with Crippen molar-refractivity contribution in [1.82, 2.24) is 5.32 Å². The quantitative estimate of drug-likeness (QED) is 0.765. The van der Waals surface area contributed by atoms with Gasteiger partial charge < -0.3 is 11.1 Å². The molecule has 1 aliphatic rings. The van der Waals surface area contributed by atoms with E-state index in [4.69, 9.17) is 5.73 Å². The van der Waals surface area contributed by atoms with Crippen molar-refractivity contribution in [3.8, 4) is 0 Å². The van der Waals surface area contributed by atoms with E-state index in [9.17, 15) is 4.79 Å². The summed E-state index contributed by atoms with van der Waals surface area (Å²) in [7, 11) is 0. The van der Waals surface area contributed by atoms with Crippen molar-refractivity contribution in [3.63, 3.8) is 0 Å². The van der Waals surface area contributed by atoms with Crippen LogP contribution >= 0.6 is 0 Å². The molecule has 2 atom stereocenters. The van der Waals surface area contributed by atoms with E-state index in [0.29, 0.717) is 6.04 Å². The number of hydrogen-bond donors (Lipinski definition) is 2. The average molecular weight is 254 g/mol. The Morgan fingerprint density at radius 2 is 1.67 bits per heavy atom. The lowest BCUT2D eigenvalue weighted by molar-refractivity contribution is -0.125. The van der Waals surface area contributed by atoms with Gasteiger partial charge in [-0.1, -0.05) is 41.0 Å². The summed E-state index contributed by atoms with van der Waals surface area (Å²) in [5.74, 6) is 0.291. The molecule has 1 saturated carbocycles. The molecule has 3 heteroatoms. The first-order valence-corrected chi connectivity index (χ1v) is 7.16. The van der Waals surface area contributed by atoms with E-state index < -0.39 is 0 Å². The maximum atomic E-state index is 12.1. The number of nitrogens with one attached hydrogen (secondary N) is 1. The van der Waals surface area contributed by atoms with E-state index in [1.165, 1.54) is 0 Å². The van der Waals surface area contributed by atoms with Gasteiger partial charge in [-0.3, -0.25) is 4.79 Å². The van der Waals surface area contributed by atoms with Crippen molar-refractivity contribution < 1.29 is 4.79 Å². The lowest BCUT2D eigenvalue weighted by atomic mass is 10.0. The number of hydrogen-bond acceptors (Lipinski definition) is 2. The molecule has 0 heterocycles. The Bertz CT molecular complexity index is 294. The van der Waals surface area contributed by atoms with Gasteiger partial charge in [0.25, 0.3) is 0 Å². The van der Waals surface area contributed by atoms with E-state index in [1.54, 1.807) is 0 Å². The molecule has 1 aliphatic carbocycles. The van der Waals surface area contributed by atoms with Crippen molar-refractivity contribution >= 4 is 5.91 Å². The van der Waals surface area contributed by atoms with Crippen LogP contribution in [-0.2, 0) is 4.79 Å². The van der Waals surface area contributed by atoms with Gasteiger partial charge in [0.1, 0.15) is 0 Å². The molecular weight excluding hydrogens is 224 g/mol. The monoisotopic (exact) mass is 254 g/mol. The molecule has 0 spiro atoms. The highest BCUT2D eigenvalue weighted by atomic mass is 16.2. The number of nitrogens with two attached hydrogens (primary N) is 1. The van der Waals surface area contributed by atoms with Crippen LogP contribution in [0.15, 0.2) is 0 Å². The second-order valence-electron chi connectivity index (χ2n) is 7.19. The third-order valence-electron chi connectivity index (χ3n) is 5.05. The molecule has 0 aromatic heterocycles. The van der Waals surface area contributed by atoms with Crippen molar-refractivity contribution in [2.45, 2.75) is 72.9 Å². The van der Waals surface area contributed by atoms with Crippen molar-refractivity contribution in [3.05, 3.63) is 0 Å². The number of amides is 1. The fourth-order valence-electron chi connectivity index (χ4n) is 2.72. The molecule has 0 aromatic carbocycles. The molecule has 0 radical (unpaired) electrons. The Morgan fingerprint density at radius 1 is 1.17 bits per heavy atom. The largest absolute Gasteiger partial charge is 0.352 e. The third kappa shape index (κ3) is 3.05. The van der Waals surface area contributed by atoms with Crippen molar-refractivity contribution in [1.29, 1.82) is 0 Å². The minimum absolute atomic E-state index is 0.0935. The van der Waals surface area contributed by atoms with E-state index in [2.05, 4.69) is 33.0 Å². The smallest absolute Gasteiger partial charge is 0.223 e. The van der Waals surface area contributed by atoms with Crippen LogP contribution in [0.3, 0.4) is 0 Å². The first-order valence-electron chi connectivity index (χ1n) is 7.16. The molecule has 0 bridgehead atoms. The number of rotatable bonds is 6. The highest BCUT2D eigenvalue weighted by Crippen LogP contribution is 2.62. The maximum absolute atomic E-state index is 12.1. The van der Waals surface area contributed by atoms with Crippen LogP contribution < -0.4 is 11.1 Å². The summed E-state index contributed by atoms with van der Waals surface area (Å²) in [5.41, 5.74) is 6.15. The SMILES string of the molecule is CC(N)CCCC(C)C(=O)NC1C(C)(C)C1(C)C. The van der Waals surface area contributed by atoms with Crippen LogP contribution in [0.2, 0.25) is 0 Å².